The van der Waals surface area contributed by atoms with Crippen LogP contribution in [0.2, 0.25) is 0 Å². The molecule has 3 N–H and O–H groups in total. The molecule has 0 aromatic heterocycles. The number of hydrogen-bond acceptors (Lipinski definition) is 5. The first-order chi connectivity index (χ1) is 8.25. The van der Waals surface area contributed by atoms with Crippen molar-refractivity contribution >= 4 is 21.6 Å². The maximum Gasteiger partial charge on any atom is 0.271 e. The number of carbonyl (C=O) groups is 1. The van der Waals surface area contributed by atoms with E-state index in [1.54, 1.807) is 6.92 Å². The largest absolute Gasteiger partial charge is 0.352 e. The number of benzene rings is 1. The highest BCUT2D eigenvalue weighted by Gasteiger charge is 2.19. The van der Waals surface area contributed by atoms with Gasteiger partial charge in [-0.1, -0.05) is 0 Å². The molecular weight excluding hydrogens is 262 g/mol. The monoisotopic (exact) mass is 273 g/mol. The number of nitrogens with one attached hydrogen (secondary N) is 1. The number of primary sulfonamides is 1. The maximum atomic E-state index is 11.5. The Morgan fingerprint density at radius 2 is 2.06 bits per heavy atom. The molecule has 8 nitrogen and oxygen atoms in total. The Morgan fingerprint density at radius 1 is 1.44 bits per heavy atom. The van der Waals surface area contributed by atoms with Gasteiger partial charge in [0.2, 0.25) is 10.0 Å². The average molecular weight is 273 g/mol. The summed E-state index contributed by atoms with van der Waals surface area (Å²) in [5.41, 5.74) is -0.641. The predicted molar refractivity (Wildman–Crippen MR) is 62.5 cm³/mol. The SMILES string of the molecule is CCNC(=O)c1cc([N+](=O)[O-])cc(S(N)(=O)=O)c1. The zero-order valence-corrected chi connectivity index (χ0v) is 10.2. The van der Waals surface area contributed by atoms with Crippen molar-refractivity contribution in [2.45, 2.75) is 11.8 Å². The normalized spacial score (nSPS) is 11.0. The molecular formula is C9H11N3O5S. The van der Waals surface area contributed by atoms with Crippen molar-refractivity contribution in [3.8, 4) is 0 Å². The maximum absolute atomic E-state index is 11.5. The van der Waals surface area contributed by atoms with Crippen LogP contribution in [0.15, 0.2) is 23.1 Å². The Labute approximate surface area is 103 Å². The Morgan fingerprint density at radius 3 is 2.50 bits per heavy atom. The summed E-state index contributed by atoms with van der Waals surface area (Å²) in [7, 11) is -4.11. The zero-order chi connectivity index (χ0) is 13.9. The number of nitrogens with zero attached hydrogens (tertiary/aromatic N) is 1. The first kappa shape index (κ1) is 14.1. The highest BCUT2D eigenvalue weighted by Crippen LogP contribution is 2.20. The Balaban J connectivity index is 3.41. The van der Waals surface area contributed by atoms with E-state index in [4.69, 9.17) is 5.14 Å². The van der Waals surface area contributed by atoms with E-state index in [-0.39, 0.29) is 5.56 Å². The molecule has 0 unspecified atom stereocenters. The molecule has 0 saturated heterocycles. The van der Waals surface area contributed by atoms with E-state index >= 15 is 0 Å². The van der Waals surface area contributed by atoms with Gasteiger partial charge in [-0.2, -0.15) is 0 Å². The highest BCUT2D eigenvalue weighted by atomic mass is 32.2. The lowest BCUT2D eigenvalue weighted by atomic mass is 10.2. The molecule has 0 heterocycles. The van der Waals surface area contributed by atoms with Gasteiger partial charge in [0.05, 0.1) is 9.82 Å². The van der Waals surface area contributed by atoms with Gasteiger partial charge in [0.25, 0.3) is 11.6 Å². The lowest BCUT2D eigenvalue weighted by molar-refractivity contribution is -0.385. The minimum atomic E-state index is -4.11. The summed E-state index contributed by atoms with van der Waals surface area (Å²) >= 11 is 0. The smallest absolute Gasteiger partial charge is 0.271 e. The summed E-state index contributed by atoms with van der Waals surface area (Å²) in [6.45, 7) is 1.97. The fraction of sp³-hybridized carbons (Fsp3) is 0.222. The molecule has 9 heteroatoms. The standard InChI is InChI=1S/C9H11N3O5S/c1-2-11-9(13)6-3-7(12(14)15)5-8(4-6)18(10,16)17/h3-5H,2H2,1H3,(H,11,13)(H2,10,16,17). The molecule has 0 radical (unpaired) electrons. The van der Waals surface area contributed by atoms with Gasteiger partial charge in [-0.15, -0.1) is 0 Å². The van der Waals surface area contributed by atoms with Crippen LogP contribution in [0.3, 0.4) is 0 Å². The van der Waals surface area contributed by atoms with Gasteiger partial charge in [0.15, 0.2) is 0 Å². The van der Waals surface area contributed by atoms with Gasteiger partial charge in [-0.05, 0) is 13.0 Å². The van der Waals surface area contributed by atoms with Crippen LogP contribution in [0.1, 0.15) is 17.3 Å². The van der Waals surface area contributed by atoms with Gasteiger partial charge in [0, 0.05) is 24.2 Å². The molecule has 1 amide bonds. The molecule has 98 valence electrons. The van der Waals surface area contributed by atoms with Crippen LogP contribution in [0.5, 0.6) is 0 Å². The van der Waals surface area contributed by atoms with Crippen molar-refractivity contribution in [1.82, 2.24) is 5.32 Å². The third-order valence-corrected chi connectivity index (χ3v) is 2.92. The first-order valence-electron chi connectivity index (χ1n) is 4.86. The summed E-state index contributed by atoms with van der Waals surface area (Å²) in [6, 6.07) is 2.78. The number of carbonyl (C=O) groups excluding carboxylic acids is 1. The molecule has 0 bridgehead atoms. The van der Waals surface area contributed by atoms with Crippen LogP contribution >= 0.6 is 0 Å². The number of nitro groups is 1. The van der Waals surface area contributed by atoms with E-state index in [1.807, 2.05) is 0 Å². The number of nitro benzene ring substituents is 1. The molecule has 0 aliphatic heterocycles. The van der Waals surface area contributed by atoms with Crippen molar-refractivity contribution in [2.24, 2.45) is 5.14 Å². The lowest BCUT2D eigenvalue weighted by Gasteiger charge is -2.04. The predicted octanol–water partition coefficient (Wildman–Crippen LogP) is -0.00810. The Bertz CT molecular complexity index is 596. The molecule has 0 fully saturated rings. The summed E-state index contributed by atoms with van der Waals surface area (Å²) in [6.07, 6.45) is 0. The third-order valence-electron chi connectivity index (χ3n) is 2.03. The van der Waals surface area contributed by atoms with Crippen molar-refractivity contribution in [3.05, 3.63) is 33.9 Å². The Kier molecular flexibility index (Phi) is 3.99. The van der Waals surface area contributed by atoms with Gasteiger partial charge in [-0.3, -0.25) is 14.9 Å². The molecule has 0 saturated carbocycles. The fourth-order valence-electron chi connectivity index (χ4n) is 1.25. The Hall–Kier alpha value is -2.00. The second-order valence-electron chi connectivity index (χ2n) is 3.38. The number of rotatable bonds is 4. The number of non-ortho nitro benzene ring substituents is 1. The van der Waals surface area contributed by atoms with E-state index in [0.717, 1.165) is 18.2 Å². The summed E-state index contributed by atoms with van der Waals surface area (Å²) < 4.78 is 22.3. The van der Waals surface area contributed by atoms with Crippen molar-refractivity contribution in [3.63, 3.8) is 0 Å². The van der Waals surface area contributed by atoms with Crippen LogP contribution in [0.4, 0.5) is 5.69 Å². The summed E-state index contributed by atoms with van der Waals surface area (Å²) in [5.74, 6) is -0.605. The minimum absolute atomic E-state index is 0.130. The second-order valence-corrected chi connectivity index (χ2v) is 4.94. The van der Waals surface area contributed by atoms with E-state index < -0.39 is 31.4 Å². The molecule has 1 aromatic rings. The summed E-state index contributed by atoms with van der Waals surface area (Å²) in [5, 5.41) is 17.9. The second kappa shape index (κ2) is 5.10. The van der Waals surface area contributed by atoms with E-state index in [0.29, 0.717) is 6.54 Å². The van der Waals surface area contributed by atoms with Crippen molar-refractivity contribution in [2.75, 3.05) is 6.54 Å². The minimum Gasteiger partial charge on any atom is -0.352 e. The van der Waals surface area contributed by atoms with E-state index in [2.05, 4.69) is 5.32 Å². The van der Waals surface area contributed by atoms with Gasteiger partial charge >= 0.3 is 0 Å². The van der Waals surface area contributed by atoms with Crippen molar-refractivity contribution in [1.29, 1.82) is 0 Å². The summed E-state index contributed by atoms with van der Waals surface area (Å²) in [4.78, 5) is 20.9. The quantitative estimate of drug-likeness (QED) is 0.588. The molecule has 1 aromatic carbocycles. The lowest BCUT2D eigenvalue weighted by Crippen LogP contribution is -2.23. The number of hydrogen-bond donors (Lipinski definition) is 2. The number of nitrogens with two attached hydrogens (primary N) is 1. The molecule has 0 aliphatic carbocycles. The molecule has 18 heavy (non-hydrogen) atoms. The van der Waals surface area contributed by atoms with E-state index in [1.165, 1.54) is 0 Å². The molecule has 0 aliphatic rings. The number of amides is 1. The topological polar surface area (TPSA) is 132 Å². The van der Waals surface area contributed by atoms with Gasteiger partial charge < -0.3 is 5.32 Å². The third kappa shape index (κ3) is 3.25. The van der Waals surface area contributed by atoms with Crippen LogP contribution in [0.25, 0.3) is 0 Å². The van der Waals surface area contributed by atoms with Crippen LogP contribution in [0, 0.1) is 10.1 Å². The van der Waals surface area contributed by atoms with Gasteiger partial charge in [0.1, 0.15) is 0 Å². The average Bonchev–Trinajstić information content (AvgIpc) is 2.27. The first-order valence-corrected chi connectivity index (χ1v) is 6.41. The van der Waals surface area contributed by atoms with Crippen LogP contribution < -0.4 is 10.5 Å². The molecule has 0 spiro atoms. The molecule has 0 atom stereocenters. The van der Waals surface area contributed by atoms with Crippen molar-refractivity contribution < 1.29 is 18.1 Å². The van der Waals surface area contributed by atoms with E-state index in [9.17, 15) is 23.3 Å². The zero-order valence-electron chi connectivity index (χ0n) is 9.41. The number of sulfonamides is 1. The molecule has 1 rings (SSSR count). The fourth-order valence-corrected chi connectivity index (χ4v) is 1.82. The highest BCUT2D eigenvalue weighted by molar-refractivity contribution is 7.89. The van der Waals surface area contributed by atoms with Crippen LogP contribution in [-0.4, -0.2) is 25.8 Å². The van der Waals surface area contributed by atoms with Gasteiger partial charge in [-0.25, -0.2) is 13.6 Å². The van der Waals surface area contributed by atoms with Crippen LogP contribution in [-0.2, 0) is 10.0 Å².